The zero-order valence-corrected chi connectivity index (χ0v) is 22.1. The number of aliphatic imine (C=N–C) groups is 1. The third kappa shape index (κ3) is 10.9. The lowest BCUT2D eigenvalue weighted by molar-refractivity contribution is 0.140. The number of aliphatic hydroxyl groups is 1. The van der Waals surface area contributed by atoms with Gasteiger partial charge in [0.1, 0.15) is 5.75 Å². The van der Waals surface area contributed by atoms with Crippen LogP contribution in [0.15, 0.2) is 29.3 Å². The number of halogens is 1. The zero-order valence-electron chi connectivity index (χ0n) is 19.8. The summed E-state index contributed by atoms with van der Waals surface area (Å²) >= 11 is 0. The Bertz CT molecular complexity index is 651. The van der Waals surface area contributed by atoms with Gasteiger partial charge in [-0.3, -0.25) is 4.99 Å². The van der Waals surface area contributed by atoms with Crippen molar-refractivity contribution in [1.82, 2.24) is 20.4 Å². The molecule has 8 heteroatoms. The standard InChI is InChI=1S/C23H41N5O2.HI/c1-6-24-23(25-15-19(4)17-28-12-10-27(5)11-13-28)26-16-22(29)20-8-7-9-21(14-20)30-18(2)3;/h7-9,14,18-19,22,29H,6,10-13,15-17H2,1-5H3,(H2,24,25,26);1H. The van der Waals surface area contributed by atoms with Gasteiger partial charge in [-0.25, -0.2) is 0 Å². The second kappa shape index (κ2) is 14.9. The third-order valence-electron chi connectivity index (χ3n) is 5.15. The Hall–Kier alpha value is -1.10. The van der Waals surface area contributed by atoms with E-state index in [9.17, 15) is 5.11 Å². The first-order chi connectivity index (χ1) is 14.4. The molecule has 0 aromatic heterocycles. The topological polar surface area (TPSA) is 72.4 Å². The number of nitrogens with zero attached hydrogens (tertiary/aromatic N) is 3. The van der Waals surface area contributed by atoms with Crippen LogP contribution in [-0.4, -0.2) is 86.4 Å². The molecule has 2 rings (SSSR count). The molecule has 0 saturated carbocycles. The molecule has 1 aliphatic rings. The number of ether oxygens (including phenoxy) is 1. The molecule has 7 nitrogen and oxygen atoms in total. The van der Waals surface area contributed by atoms with Crippen molar-refractivity contribution in [2.75, 3.05) is 59.4 Å². The number of guanidine groups is 1. The summed E-state index contributed by atoms with van der Waals surface area (Å²) in [5.41, 5.74) is 0.833. The molecule has 2 unspecified atom stereocenters. The van der Waals surface area contributed by atoms with Gasteiger partial charge in [0.25, 0.3) is 0 Å². The number of benzene rings is 1. The van der Waals surface area contributed by atoms with E-state index in [1.807, 2.05) is 45.0 Å². The second-order valence-electron chi connectivity index (χ2n) is 8.56. The van der Waals surface area contributed by atoms with Gasteiger partial charge in [0, 0.05) is 52.4 Å². The highest BCUT2D eigenvalue weighted by atomic mass is 127. The van der Waals surface area contributed by atoms with Gasteiger partial charge in [-0.05, 0) is 51.4 Å². The van der Waals surface area contributed by atoms with Gasteiger partial charge in [0.15, 0.2) is 5.96 Å². The molecule has 1 saturated heterocycles. The number of aliphatic hydroxyl groups excluding tert-OH is 1. The van der Waals surface area contributed by atoms with E-state index in [-0.39, 0.29) is 30.1 Å². The highest BCUT2D eigenvalue weighted by Crippen LogP contribution is 2.20. The predicted molar refractivity (Wildman–Crippen MR) is 140 cm³/mol. The first kappa shape index (κ1) is 27.9. The molecule has 2 atom stereocenters. The fourth-order valence-corrected chi connectivity index (χ4v) is 3.50. The third-order valence-corrected chi connectivity index (χ3v) is 5.15. The molecule has 31 heavy (non-hydrogen) atoms. The van der Waals surface area contributed by atoms with Gasteiger partial charge in [-0.15, -0.1) is 24.0 Å². The molecule has 1 fully saturated rings. The number of nitrogens with one attached hydrogen (secondary N) is 2. The summed E-state index contributed by atoms with van der Waals surface area (Å²) in [5.74, 6) is 2.01. The average Bonchev–Trinajstić information content (AvgIpc) is 2.71. The Morgan fingerprint density at radius 1 is 1.16 bits per heavy atom. The number of hydrogen-bond acceptors (Lipinski definition) is 5. The van der Waals surface area contributed by atoms with Crippen molar-refractivity contribution >= 4 is 29.9 Å². The van der Waals surface area contributed by atoms with Crippen LogP contribution in [0.3, 0.4) is 0 Å². The maximum Gasteiger partial charge on any atom is 0.191 e. The fourth-order valence-electron chi connectivity index (χ4n) is 3.50. The molecule has 3 N–H and O–H groups in total. The molecule has 178 valence electrons. The van der Waals surface area contributed by atoms with E-state index in [1.165, 1.54) is 0 Å². The Morgan fingerprint density at radius 2 is 1.87 bits per heavy atom. The van der Waals surface area contributed by atoms with E-state index in [0.717, 1.165) is 63.1 Å². The normalized spacial score (nSPS) is 17.7. The smallest absolute Gasteiger partial charge is 0.191 e. The number of rotatable bonds is 10. The predicted octanol–water partition coefficient (Wildman–Crippen LogP) is 2.56. The van der Waals surface area contributed by atoms with Crippen LogP contribution >= 0.6 is 24.0 Å². The monoisotopic (exact) mass is 547 g/mol. The van der Waals surface area contributed by atoms with E-state index in [0.29, 0.717) is 12.5 Å². The van der Waals surface area contributed by atoms with Gasteiger partial charge in [-0.2, -0.15) is 0 Å². The molecule has 1 aromatic carbocycles. The van der Waals surface area contributed by atoms with E-state index in [4.69, 9.17) is 9.73 Å². The van der Waals surface area contributed by atoms with Crippen LogP contribution in [0.1, 0.15) is 39.4 Å². The summed E-state index contributed by atoms with van der Waals surface area (Å²) < 4.78 is 5.73. The van der Waals surface area contributed by atoms with Crippen molar-refractivity contribution in [1.29, 1.82) is 0 Å². The minimum atomic E-state index is -0.632. The molecule has 0 amide bonds. The highest BCUT2D eigenvalue weighted by molar-refractivity contribution is 14.0. The molecule has 0 bridgehead atoms. The van der Waals surface area contributed by atoms with E-state index in [2.05, 4.69) is 34.4 Å². The highest BCUT2D eigenvalue weighted by Gasteiger charge is 2.16. The minimum absolute atomic E-state index is 0. The molecular weight excluding hydrogens is 505 g/mol. The second-order valence-corrected chi connectivity index (χ2v) is 8.56. The quantitative estimate of drug-likeness (QED) is 0.238. The van der Waals surface area contributed by atoms with Crippen LogP contribution in [0.4, 0.5) is 0 Å². The number of piperazine rings is 1. The summed E-state index contributed by atoms with van der Waals surface area (Å²) in [5, 5.41) is 17.1. The van der Waals surface area contributed by atoms with Gasteiger partial charge in [-0.1, -0.05) is 19.1 Å². The Balaban J connectivity index is 0.00000480. The molecule has 0 radical (unpaired) electrons. The van der Waals surface area contributed by atoms with Crippen molar-refractivity contribution in [3.63, 3.8) is 0 Å². The van der Waals surface area contributed by atoms with E-state index >= 15 is 0 Å². The summed E-state index contributed by atoms with van der Waals surface area (Å²) in [6.07, 6.45) is -0.525. The fraction of sp³-hybridized carbons (Fsp3) is 0.696. The van der Waals surface area contributed by atoms with Crippen molar-refractivity contribution < 1.29 is 9.84 Å². The van der Waals surface area contributed by atoms with Crippen LogP contribution in [0.25, 0.3) is 0 Å². The Morgan fingerprint density at radius 3 is 2.52 bits per heavy atom. The molecule has 1 aromatic rings. The SMILES string of the molecule is CCNC(=NCC(C)CN1CCN(C)CC1)NCC(O)c1cccc(OC(C)C)c1.I. The minimum Gasteiger partial charge on any atom is -0.491 e. The van der Waals surface area contributed by atoms with Crippen molar-refractivity contribution in [2.24, 2.45) is 10.9 Å². The summed E-state index contributed by atoms with van der Waals surface area (Å²) in [6.45, 7) is 15.8. The maximum absolute atomic E-state index is 10.6. The van der Waals surface area contributed by atoms with E-state index < -0.39 is 6.10 Å². The lowest BCUT2D eigenvalue weighted by Gasteiger charge is -2.33. The first-order valence-electron chi connectivity index (χ1n) is 11.2. The van der Waals surface area contributed by atoms with Gasteiger partial charge >= 0.3 is 0 Å². The van der Waals surface area contributed by atoms with Crippen LogP contribution in [0.2, 0.25) is 0 Å². The Kier molecular flexibility index (Phi) is 13.4. The summed E-state index contributed by atoms with van der Waals surface area (Å²) in [6, 6.07) is 7.64. The largest absolute Gasteiger partial charge is 0.491 e. The molecule has 0 spiro atoms. The van der Waals surface area contributed by atoms with Crippen LogP contribution in [0, 0.1) is 5.92 Å². The number of likely N-dealkylation sites (N-methyl/N-ethyl adjacent to an activating group) is 1. The average molecular weight is 548 g/mol. The molecule has 0 aliphatic carbocycles. The van der Waals surface area contributed by atoms with Crippen LogP contribution in [0.5, 0.6) is 5.75 Å². The summed E-state index contributed by atoms with van der Waals surface area (Å²) in [4.78, 5) is 9.64. The molecule has 1 aliphatic heterocycles. The lowest BCUT2D eigenvalue weighted by atomic mass is 10.1. The van der Waals surface area contributed by atoms with Crippen LogP contribution in [-0.2, 0) is 0 Å². The number of hydrogen-bond donors (Lipinski definition) is 3. The summed E-state index contributed by atoms with van der Waals surface area (Å²) in [7, 11) is 2.18. The lowest BCUT2D eigenvalue weighted by Crippen LogP contribution is -2.46. The molecular formula is C23H42IN5O2. The van der Waals surface area contributed by atoms with E-state index in [1.54, 1.807) is 0 Å². The zero-order chi connectivity index (χ0) is 21.9. The van der Waals surface area contributed by atoms with Gasteiger partial charge in [0.2, 0.25) is 0 Å². The van der Waals surface area contributed by atoms with Crippen molar-refractivity contribution in [3.8, 4) is 5.75 Å². The van der Waals surface area contributed by atoms with Gasteiger partial charge < -0.3 is 30.3 Å². The Labute approximate surface area is 205 Å². The van der Waals surface area contributed by atoms with Gasteiger partial charge in [0.05, 0.1) is 12.2 Å². The van der Waals surface area contributed by atoms with Crippen molar-refractivity contribution in [2.45, 2.75) is 39.9 Å². The van der Waals surface area contributed by atoms with Crippen LogP contribution < -0.4 is 15.4 Å². The van der Waals surface area contributed by atoms with Crippen molar-refractivity contribution in [3.05, 3.63) is 29.8 Å². The maximum atomic E-state index is 10.6. The molecule has 1 heterocycles. The first-order valence-corrected chi connectivity index (χ1v) is 11.2.